The highest BCUT2D eigenvalue weighted by Gasteiger charge is 2.70. The molecule has 6 rings (SSSR count). The van der Waals surface area contributed by atoms with Crippen molar-refractivity contribution in [1.29, 1.82) is 0 Å². The van der Waals surface area contributed by atoms with Gasteiger partial charge in [0.1, 0.15) is 6.61 Å². The molecule has 0 bridgehead atoms. The molecule has 5 heteroatoms. The number of rotatable bonds is 5. The summed E-state index contributed by atoms with van der Waals surface area (Å²) in [6.07, 6.45) is 10.3. The third-order valence-electron chi connectivity index (χ3n) is 16.8. The van der Waals surface area contributed by atoms with E-state index < -0.39 is 19.8 Å². The van der Waals surface area contributed by atoms with Gasteiger partial charge in [0.2, 0.25) is 0 Å². The summed E-state index contributed by atoms with van der Waals surface area (Å²) in [7, 11) is -2.09. The van der Waals surface area contributed by atoms with Crippen LogP contribution in [0.4, 0.5) is 0 Å². The number of aliphatic hydroxyl groups is 1. The highest BCUT2D eigenvalue weighted by molar-refractivity contribution is 6.74. The van der Waals surface area contributed by atoms with Crippen molar-refractivity contribution in [2.75, 3.05) is 0 Å². The SMILES string of the molecule is C[C@H]1[C@H](C)CC[C@]2(C(=O)OCc3ccccc3)CC[C@]3(C)C(=CC[C@@H]4[C@@]5(C)C[C@H](O[Si](C)(C)C(C)(C)C)[C@H](O)C(C)(C)[C@@H]5CC[C@]43C)[C@H]12. The maximum atomic E-state index is 14.4. The Hall–Kier alpha value is -1.43. The van der Waals surface area contributed by atoms with E-state index in [0.717, 1.165) is 50.5 Å². The number of esters is 1. The Labute approximate surface area is 294 Å². The lowest BCUT2D eigenvalue weighted by Crippen LogP contribution is -2.68. The summed E-state index contributed by atoms with van der Waals surface area (Å²) in [6, 6.07) is 10.2. The fourth-order valence-electron chi connectivity index (χ4n) is 12.5. The van der Waals surface area contributed by atoms with E-state index >= 15 is 0 Å². The molecule has 4 saturated carbocycles. The van der Waals surface area contributed by atoms with Crippen LogP contribution in [0.3, 0.4) is 0 Å². The molecule has 1 N–H and O–H groups in total. The monoisotopic (exact) mass is 676 g/mol. The second kappa shape index (κ2) is 11.8. The van der Waals surface area contributed by atoms with Crippen LogP contribution in [0.1, 0.15) is 126 Å². The zero-order chi connectivity index (χ0) is 35.3. The normalized spacial score (nSPS) is 43.9. The molecule has 1 aromatic rings. The molecule has 48 heavy (non-hydrogen) atoms. The molecule has 11 atom stereocenters. The Balaban J connectivity index is 1.37. The fraction of sp³-hybridized carbons (Fsp3) is 0.791. The van der Waals surface area contributed by atoms with E-state index in [1.54, 1.807) is 5.57 Å². The van der Waals surface area contributed by atoms with Crippen molar-refractivity contribution in [3.05, 3.63) is 47.5 Å². The van der Waals surface area contributed by atoms with E-state index in [9.17, 15) is 9.90 Å². The third-order valence-corrected chi connectivity index (χ3v) is 21.3. The fourth-order valence-corrected chi connectivity index (χ4v) is 13.8. The summed E-state index contributed by atoms with van der Waals surface area (Å²) in [5, 5.41) is 12.1. The number of aliphatic hydroxyl groups excluding tert-OH is 1. The summed E-state index contributed by atoms with van der Waals surface area (Å²) in [6.45, 7) is 29.3. The lowest BCUT2D eigenvalue weighted by molar-refractivity contribution is -0.230. The van der Waals surface area contributed by atoms with Gasteiger partial charge in [-0.1, -0.05) is 111 Å². The maximum Gasteiger partial charge on any atom is 0.313 e. The second-order valence-electron chi connectivity index (χ2n) is 20.3. The van der Waals surface area contributed by atoms with Crippen LogP contribution in [0.25, 0.3) is 0 Å². The molecule has 0 radical (unpaired) electrons. The molecule has 0 spiro atoms. The van der Waals surface area contributed by atoms with Crippen molar-refractivity contribution >= 4 is 14.3 Å². The predicted octanol–water partition coefficient (Wildman–Crippen LogP) is 10.7. The summed E-state index contributed by atoms with van der Waals surface area (Å²) < 4.78 is 13.4. The number of fused-ring (bicyclic) bond motifs is 7. The first-order chi connectivity index (χ1) is 22.2. The van der Waals surface area contributed by atoms with E-state index in [1.165, 1.54) is 6.42 Å². The van der Waals surface area contributed by atoms with Crippen LogP contribution >= 0.6 is 0 Å². The molecule has 5 aliphatic carbocycles. The van der Waals surface area contributed by atoms with Gasteiger partial charge in [0.15, 0.2) is 8.32 Å². The molecule has 5 aliphatic rings. The minimum Gasteiger partial charge on any atom is -0.460 e. The molecule has 0 amide bonds. The first kappa shape index (κ1) is 36.4. The summed E-state index contributed by atoms with van der Waals surface area (Å²) in [5.74, 6) is 2.23. The Morgan fingerprint density at radius 2 is 1.60 bits per heavy atom. The first-order valence-electron chi connectivity index (χ1n) is 19.4. The zero-order valence-electron chi connectivity index (χ0n) is 32.5. The highest BCUT2D eigenvalue weighted by atomic mass is 28.4. The Kier molecular flexibility index (Phi) is 8.94. The lowest BCUT2D eigenvalue weighted by Gasteiger charge is -2.72. The van der Waals surface area contributed by atoms with E-state index in [2.05, 4.69) is 101 Å². The van der Waals surface area contributed by atoms with Gasteiger partial charge >= 0.3 is 5.97 Å². The van der Waals surface area contributed by atoms with E-state index in [-0.39, 0.29) is 44.7 Å². The predicted molar refractivity (Wildman–Crippen MR) is 199 cm³/mol. The van der Waals surface area contributed by atoms with Crippen LogP contribution in [-0.4, -0.2) is 31.6 Å². The number of carbonyl (C=O) groups excluding carboxylic acids is 1. The number of allylic oxidation sites excluding steroid dienone is 2. The van der Waals surface area contributed by atoms with Crippen LogP contribution in [0.15, 0.2) is 42.0 Å². The Bertz CT molecular complexity index is 1410. The van der Waals surface area contributed by atoms with Gasteiger partial charge in [-0.3, -0.25) is 4.79 Å². The summed E-state index contributed by atoms with van der Waals surface area (Å²) in [5.41, 5.74) is 2.18. The van der Waals surface area contributed by atoms with Crippen LogP contribution in [0.5, 0.6) is 0 Å². The molecule has 4 fully saturated rings. The van der Waals surface area contributed by atoms with Gasteiger partial charge in [-0.25, -0.2) is 0 Å². The smallest absolute Gasteiger partial charge is 0.313 e. The number of carbonyl (C=O) groups is 1. The van der Waals surface area contributed by atoms with Crippen LogP contribution < -0.4 is 0 Å². The molecular weight excluding hydrogens is 609 g/mol. The van der Waals surface area contributed by atoms with Crippen molar-refractivity contribution in [2.24, 2.45) is 56.7 Å². The number of ether oxygens (including phenoxy) is 1. The molecule has 0 unspecified atom stereocenters. The number of hydrogen-bond donors (Lipinski definition) is 1. The van der Waals surface area contributed by atoms with Gasteiger partial charge < -0.3 is 14.3 Å². The molecule has 0 aromatic heterocycles. The van der Waals surface area contributed by atoms with Crippen LogP contribution in [0, 0.1) is 56.7 Å². The van der Waals surface area contributed by atoms with Gasteiger partial charge in [-0.05, 0) is 126 Å². The molecule has 0 saturated heterocycles. The number of benzene rings is 1. The van der Waals surface area contributed by atoms with Crippen molar-refractivity contribution in [2.45, 2.75) is 158 Å². The van der Waals surface area contributed by atoms with Crippen LogP contribution in [0.2, 0.25) is 18.1 Å². The second-order valence-corrected chi connectivity index (χ2v) is 25.0. The van der Waals surface area contributed by atoms with Crippen molar-refractivity contribution in [3.8, 4) is 0 Å². The number of hydrogen-bond acceptors (Lipinski definition) is 4. The molecule has 4 nitrogen and oxygen atoms in total. The molecule has 1 aromatic carbocycles. The standard InChI is InChI=1S/C43H68O4Si/c1-28-20-23-43(37(45)46-27-30-16-14-13-15-17-30)25-24-41(9)31(35(43)29(28)2)18-19-34-40(8)26-32(47-48(11,12)38(3,4)5)36(44)39(6,7)33(40)21-22-42(34,41)10/h13-18,28-29,32-36,44H,19-27H2,1-12H3/t28-,29+,32+,33+,34-,35+,36+,40+,41-,42-,43+/m1/s1. The maximum absolute atomic E-state index is 14.4. The Morgan fingerprint density at radius 3 is 2.25 bits per heavy atom. The van der Waals surface area contributed by atoms with Gasteiger partial charge in [0.05, 0.1) is 17.6 Å². The van der Waals surface area contributed by atoms with Gasteiger partial charge in [-0.2, -0.15) is 0 Å². The molecular formula is C43H68O4Si. The topological polar surface area (TPSA) is 55.8 Å². The summed E-state index contributed by atoms with van der Waals surface area (Å²) >= 11 is 0. The van der Waals surface area contributed by atoms with Gasteiger partial charge in [0.25, 0.3) is 0 Å². The third kappa shape index (κ3) is 5.20. The van der Waals surface area contributed by atoms with Crippen molar-refractivity contribution < 1.29 is 19.1 Å². The minimum atomic E-state index is -2.09. The molecule has 0 aliphatic heterocycles. The average Bonchev–Trinajstić information content (AvgIpc) is 3.00. The van der Waals surface area contributed by atoms with E-state index in [0.29, 0.717) is 30.3 Å². The highest BCUT2D eigenvalue weighted by Crippen LogP contribution is 2.76. The Morgan fingerprint density at radius 1 is 0.938 bits per heavy atom. The van der Waals surface area contributed by atoms with Crippen LogP contribution in [-0.2, 0) is 20.6 Å². The largest absolute Gasteiger partial charge is 0.460 e. The average molecular weight is 677 g/mol. The van der Waals surface area contributed by atoms with Crippen molar-refractivity contribution in [1.82, 2.24) is 0 Å². The first-order valence-corrected chi connectivity index (χ1v) is 22.3. The lowest BCUT2D eigenvalue weighted by atomic mass is 9.33. The van der Waals surface area contributed by atoms with Crippen molar-refractivity contribution in [3.63, 3.8) is 0 Å². The quantitative estimate of drug-likeness (QED) is 0.192. The van der Waals surface area contributed by atoms with E-state index in [1.807, 2.05) is 18.2 Å². The van der Waals surface area contributed by atoms with E-state index in [4.69, 9.17) is 9.16 Å². The molecule has 0 heterocycles. The van der Waals surface area contributed by atoms with Gasteiger partial charge in [-0.15, -0.1) is 0 Å². The minimum absolute atomic E-state index is 0.0269. The summed E-state index contributed by atoms with van der Waals surface area (Å²) in [4.78, 5) is 14.4. The molecule has 268 valence electrons. The van der Waals surface area contributed by atoms with Gasteiger partial charge in [0, 0.05) is 0 Å². The zero-order valence-corrected chi connectivity index (χ0v) is 33.5.